The number of nitrogens with one attached hydrogen (secondary N) is 3. The van der Waals surface area contributed by atoms with Crippen LogP contribution in [0, 0.1) is 0 Å². The minimum absolute atomic E-state index is 0.00292. The maximum Gasteiger partial charge on any atom is 0.351 e. The van der Waals surface area contributed by atoms with Gasteiger partial charge in [0.05, 0.1) is 17.9 Å². The minimum atomic E-state index is -3.38. The standard InChI is InChI=1S/C16H22N6O6S/c1-2-29(27,28)17-7-8-22(9-10-23)15-19-14(20-16(26)21-15)18-12-5-3-11(4-6-12)13(24)25/h3-6,17,23H,2,7-10H2,1H3,(H,24,25)(H2,18,19,20,21,26). The van der Waals surface area contributed by atoms with Gasteiger partial charge in [-0.15, -0.1) is 0 Å². The maximum absolute atomic E-state index is 11.9. The van der Waals surface area contributed by atoms with Crippen LogP contribution < -0.4 is 20.6 Å². The molecular formula is C16H22N6O6S. The van der Waals surface area contributed by atoms with Crippen molar-refractivity contribution in [2.45, 2.75) is 6.92 Å². The van der Waals surface area contributed by atoms with Crippen molar-refractivity contribution in [1.82, 2.24) is 19.7 Å². The van der Waals surface area contributed by atoms with Crippen LogP contribution in [0.1, 0.15) is 17.3 Å². The lowest BCUT2D eigenvalue weighted by Crippen LogP contribution is -2.38. The Morgan fingerprint density at radius 2 is 1.90 bits per heavy atom. The number of nitrogens with zero attached hydrogens (tertiary/aromatic N) is 3. The molecule has 29 heavy (non-hydrogen) atoms. The molecule has 1 aromatic heterocycles. The highest BCUT2D eigenvalue weighted by molar-refractivity contribution is 7.89. The molecule has 0 unspecified atom stereocenters. The van der Waals surface area contributed by atoms with Crippen LogP contribution >= 0.6 is 0 Å². The van der Waals surface area contributed by atoms with Crippen molar-refractivity contribution in [2.75, 3.05) is 42.2 Å². The number of carboxylic acids is 1. The average molecular weight is 426 g/mol. The molecule has 0 bridgehead atoms. The van der Waals surface area contributed by atoms with Crippen molar-refractivity contribution in [3.63, 3.8) is 0 Å². The van der Waals surface area contributed by atoms with Gasteiger partial charge in [0.25, 0.3) is 0 Å². The molecular weight excluding hydrogens is 404 g/mol. The van der Waals surface area contributed by atoms with Gasteiger partial charge in [-0.05, 0) is 31.2 Å². The van der Waals surface area contributed by atoms with Crippen molar-refractivity contribution in [3.05, 3.63) is 40.3 Å². The molecule has 2 aromatic rings. The Hall–Kier alpha value is -3.03. The van der Waals surface area contributed by atoms with Crippen LogP contribution in [-0.2, 0) is 10.0 Å². The van der Waals surface area contributed by atoms with Gasteiger partial charge in [0, 0.05) is 25.3 Å². The van der Waals surface area contributed by atoms with E-state index >= 15 is 0 Å². The van der Waals surface area contributed by atoms with Gasteiger partial charge >= 0.3 is 11.7 Å². The molecule has 158 valence electrons. The summed E-state index contributed by atoms with van der Waals surface area (Å²) in [5, 5.41) is 21.0. The second-order valence-corrected chi connectivity index (χ2v) is 7.91. The molecule has 0 aliphatic carbocycles. The molecule has 0 fully saturated rings. The summed E-state index contributed by atoms with van der Waals surface area (Å²) in [5.41, 5.74) is -0.104. The van der Waals surface area contributed by atoms with Gasteiger partial charge in [-0.3, -0.25) is 4.98 Å². The van der Waals surface area contributed by atoms with Crippen LogP contribution in [0.3, 0.4) is 0 Å². The number of sulfonamides is 1. The van der Waals surface area contributed by atoms with Crippen molar-refractivity contribution in [2.24, 2.45) is 0 Å². The summed E-state index contributed by atoms with van der Waals surface area (Å²) in [6.07, 6.45) is 0. The van der Waals surface area contributed by atoms with Crippen molar-refractivity contribution >= 4 is 33.6 Å². The van der Waals surface area contributed by atoms with Crippen LogP contribution in [0.4, 0.5) is 17.6 Å². The SMILES string of the molecule is CCS(=O)(=O)NCCN(CCO)c1nc(Nc2ccc(C(=O)O)cc2)[nH]c(=O)n1. The largest absolute Gasteiger partial charge is 0.478 e. The lowest BCUT2D eigenvalue weighted by Gasteiger charge is -2.21. The summed E-state index contributed by atoms with van der Waals surface area (Å²) in [6.45, 7) is 1.52. The zero-order valence-electron chi connectivity index (χ0n) is 15.6. The second kappa shape index (κ2) is 9.95. The Morgan fingerprint density at radius 3 is 2.48 bits per heavy atom. The maximum atomic E-state index is 11.9. The molecule has 13 heteroatoms. The molecule has 2 rings (SSSR count). The summed E-state index contributed by atoms with van der Waals surface area (Å²) in [4.78, 5) is 34.6. The summed E-state index contributed by atoms with van der Waals surface area (Å²) < 4.78 is 25.5. The van der Waals surface area contributed by atoms with E-state index in [9.17, 15) is 23.1 Å². The summed E-state index contributed by atoms with van der Waals surface area (Å²) in [6, 6.07) is 5.80. The fourth-order valence-electron chi connectivity index (χ4n) is 2.28. The van der Waals surface area contributed by atoms with Gasteiger partial charge in [-0.1, -0.05) is 0 Å². The number of anilines is 3. The Kier molecular flexibility index (Phi) is 7.64. The van der Waals surface area contributed by atoms with Gasteiger partial charge in [-0.25, -0.2) is 22.7 Å². The van der Waals surface area contributed by atoms with Crippen molar-refractivity contribution in [3.8, 4) is 0 Å². The molecule has 1 heterocycles. The van der Waals surface area contributed by atoms with Crippen molar-refractivity contribution in [1.29, 1.82) is 0 Å². The van der Waals surface area contributed by atoms with Gasteiger partial charge in [0.15, 0.2) is 0 Å². The molecule has 0 saturated heterocycles. The predicted molar refractivity (Wildman–Crippen MR) is 106 cm³/mol. The highest BCUT2D eigenvalue weighted by atomic mass is 32.2. The lowest BCUT2D eigenvalue weighted by atomic mass is 10.2. The number of rotatable bonds is 11. The molecule has 0 aliphatic heterocycles. The monoisotopic (exact) mass is 426 g/mol. The zero-order chi connectivity index (χ0) is 21.4. The number of aromatic amines is 1. The second-order valence-electron chi connectivity index (χ2n) is 5.82. The highest BCUT2D eigenvalue weighted by Gasteiger charge is 2.14. The Morgan fingerprint density at radius 1 is 1.21 bits per heavy atom. The first kappa shape index (κ1) is 22.3. The Labute approximate surface area is 166 Å². The first-order valence-corrected chi connectivity index (χ1v) is 10.3. The van der Waals surface area contributed by atoms with Crippen LogP contribution in [0.5, 0.6) is 0 Å². The number of aromatic carboxylic acids is 1. The minimum Gasteiger partial charge on any atom is -0.478 e. The number of aliphatic hydroxyl groups is 1. The van der Waals surface area contributed by atoms with E-state index in [1.54, 1.807) is 0 Å². The smallest absolute Gasteiger partial charge is 0.351 e. The molecule has 0 radical (unpaired) electrons. The third-order valence-corrected chi connectivity index (χ3v) is 5.17. The fourth-order valence-corrected chi connectivity index (χ4v) is 2.88. The van der Waals surface area contributed by atoms with E-state index in [1.807, 2.05) is 0 Å². The first-order chi connectivity index (χ1) is 13.7. The summed E-state index contributed by atoms with van der Waals surface area (Å²) in [5.74, 6) is -1.07. The number of hydrogen-bond donors (Lipinski definition) is 5. The third-order valence-electron chi connectivity index (χ3n) is 3.77. The molecule has 1 aromatic carbocycles. The molecule has 0 aliphatic rings. The molecule has 12 nitrogen and oxygen atoms in total. The van der Waals surface area contributed by atoms with Crippen LogP contribution in [-0.4, -0.2) is 71.5 Å². The van der Waals surface area contributed by atoms with E-state index in [-0.39, 0.29) is 49.5 Å². The number of benzene rings is 1. The molecule has 5 N–H and O–H groups in total. The quantitative estimate of drug-likeness (QED) is 0.310. The van der Waals surface area contributed by atoms with E-state index in [0.717, 1.165) is 0 Å². The number of aromatic nitrogens is 3. The number of H-pyrrole nitrogens is 1. The van der Waals surface area contributed by atoms with E-state index in [0.29, 0.717) is 5.69 Å². The first-order valence-electron chi connectivity index (χ1n) is 8.66. The lowest BCUT2D eigenvalue weighted by molar-refractivity contribution is 0.0697. The summed E-state index contributed by atoms with van der Waals surface area (Å²) >= 11 is 0. The van der Waals surface area contributed by atoms with Gasteiger partial charge in [-0.2, -0.15) is 9.97 Å². The number of carbonyl (C=O) groups is 1. The predicted octanol–water partition coefficient (Wildman–Crippen LogP) is -0.655. The highest BCUT2D eigenvalue weighted by Crippen LogP contribution is 2.15. The molecule has 0 saturated carbocycles. The van der Waals surface area contributed by atoms with E-state index < -0.39 is 21.7 Å². The van der Waals surface area contributed by atoms with E-state index in [2.05, 4.69) is 25.0 Å². The number of hydrogen-bond acceptors (Lipinski definition) is 9. The van der Waals surface area contributed by atoms with Crippen LogP contribution in [0.2, 0.25) is 0 Å². The normalized spacial score (nSPS) is 11.2. The third kappa shape index (κ3) is 6.81. The molecule has 0 atom stereocenters. The Balaban J connectivity index is 2.17. The van der Waals surface area contributed by atoms with E-state index in [4.69, 9.17) is 5.11 Å². The van der Waals surface area contributed by atoms with Crippen LogP contribution in [0.25, 0.3) is 0 Å². The van der Waals surface area contributed by atoms with Crippen molar-refractivity contribution < 1.29 is 23.4 Å². The number of carboxylic acid groups (broad SMARTS) is 1. The van der Waals surface area contributed by atoms with E-state index in [1.165, 1.54) is 36.1 Å². The van der Waals surface area contributed by atoms with Crippen LogP contribution in [0.15, 0.2) is 29.1 Å². The fraction of sp³-hybridized carbons (Fsp3) is 0.375. The number of aliphatic hydroxyl groups excluding tert-OH is 1. The molecule has 0 amide bonds. The van der Waals surface area contributed by atoms with Gasteiger partial charge in [0.1, 0.15) is 0 Å². The topological polar surface area (TPSA) is 178 Å². The average Bonchev–Trinajstić information content (AvgIpc) is 2.67. The zero-order valence-corrected chi connectivity index (χ0v) is 16.4. The molecule has 0 spiro atoms. The van der Waals surface area contributed by atoms with Gasteiger partial charge < -0.3 is 20.4 Å². The van der Waals surface area contributed by atoms with Gasteiger partial charge in [0.2, 0.25) is 21.9 Å². The summed E-state index contributed by atoms with van der Waals surface area (Å²) in [7, 11) is -3.38. The Bertz CT molecular complexity index is 992.